The van der Waals surface area contributed by atoms with Crippen LogP contribution in [-0.4, -0.2) is 33.2 Å². The summed E-state index contributed by atoms with van der Waals surface area (Å²) in [5.74, 6) is -0.434. The molecule has 0 atom stereocenters. The number of anilines is 1. The van der Waals surface area contributed by atoms with Crippen molar-refractivity contribution in [3.63, 3.8) is 0 Å². The minimum absolute atomic E-state index is 0. The molecule has 2 heterocycles. The van der Waals surface area contributed by atoms with Crippen molar-refractivity contribution >= 4 is 15.8 Å². The van der Waals surface area contributed by atoms with Gasteiger partial charge in [-0.1, -0.05) is 6.07 Å². The molecule has 0 spiro atoms. The number of rotatable bonds is 4. The first-order chi connectivity index (χ1) is 9.31. The van der Waals surface area contributed by atoms with Gasteiger partial charge in [-0.2, -0.15) is 4.68 Å². The van der Waals surface area contributed by atoms with Crippen LogP contribution in [0.4, 0.5) is 5.69 Å². The molecule has 1 N–H and O–H groups in total. The van der Waals surface area contributed by atoms with Crippen molar-refractivity contribution in [2.45, 2.75) is 6.92 Å². The van der Waals surface area contributed by atoms with E-state index < -0.39 is 21.6 Å². The molecular weight excluding hydrogens is 307 g/mol. The number of hydrogen-bond acceptors (Lipinski definition) is 6. The predicted molar refractivity (Wildman–Crippen MR) is 71.7 cm³/mol. The molecule has 0 saturated carbocycles. The third-order valence-corrected chi connectivity index (χ3v) is 3.34. The van der Waals surface area contributed by atoms with Gasteiger partial charge in [-0.15, -0.1) is 0 Å². The van der Waals surface area contributed by atoms with Gasteiger partial charge in [-0.05, 0) is 19.1 Å². The molecular formula is C11H13N4NaO4S. The molecule has 2 aromatic rings. The van der Waals surface area contributed by atoms with E-state index in [1.165, 1.54) is 9.36 Å². The summed E-state index contributed by atoms with van der Waals surface area (Å²) in [5.41, 5.74) is 0.106. The van der Waals surface area contributed by atoms with Crippen LogP contribution < -0.4 is 40.4 Å². The molecule has 0 aliphatic carbocycles. The first-order valence-corrected chi connectivity index (χ1v) is 7.26. The van der Waals surface area contributed by atoms with Crippen molar-refractivity contribution in [2.75, 3.05) is 11.2 Å². The molecule has 21 heavy (non-hydrogen) atoms. The topological polar surface area (TPSA) is 109 Å². The maximum absolute atomic E-state index is 12.3. The Labute approximate surface area is 143 Å². The monoisotopic (exact) mass is 320 g/mol. The molecule has 0 aliphatic rings. The fourth-order valence-corrected chi connectivity index (χ4v) is 2.13. The van der Waals surface area contributed by atoms with Gasteiger partial charge in [0.05, 0.1) is 5.69 Å². The van der Waals surface area contributed by atoms with Crippen molar-refractivity contribution in [3.8, 4) is 5.82 Å². The van der Waals surface area contributed by atoms with E-state index in [9.17, 15) is 17.8 Å². The van der Waals surface area contributed by atoms with Crippen LogP contribution in [0.25, 0.3) is 5.82 Å². The molecule has 0 radical (unpaired) electrons. The summed E-state index contributed by atoms with van der Waals surface area (Å²) >= 11 is 0. The molecule has 0 aliphatic heterocycles. The molecule has 2 rings (SSSR count). The Hall–Kier alpha value is -1.13. The average Bonchev–Trinajstić information content (AvgIpc) is 2.59. The van der Waals surface area contributed by atoms with E-state index in [4.69, 9.17) is 0 Å². The van der Waals surface area contributed by atoms with Crippen molar-refractivity contribution in [1.29, 1.82) is 0 Å². The van der Waals surface area contributed by atoms with Gasteiger partial charge in [0.15, 0.2) is 5.82 Å². The zero-order chi connectivity index (χ0) is 14.9. The van der Waals surface area contributed by atoms with Gasteiger partial charge >= 0.3 is 29.6 Å². The summed E-state index contributed by atoms with van der Waals surface area (Å²) < 4.78 is 34.7. The van der Waals surface area contributed by atoms with Gasteiger partial charge < -0.3 is 9.87 Å². The summed E-state index contributed by atoms with van der Waals surface area (Å²) in [5, 5.41) is 2.37. The van der Waals surface area contributed by atoms with E-state index in [0.717, 1.165) is 0 Å². The van der Waals surface area contributed by atoms with Gasteiger partial charge in [0.25, 0.3) is 5.56 Å². The maximum atomic E-state index is 12.3. The van der Waals surface area contributed by atoms with Crippen LogP contribution in [0.2, 0.25) is 0 Å². The van der Waals surface area contributed by atoms with Gasteiger partial charge in [0.2, 0.25) is 0 Å². The zero-order valence-corrected chi connectivity index (χ0v) is 14.7. The normalized spacial score (nSPS) is 11.0. The van der Waals surface area contributed by atoms with Gasteiger partial charge in [0.1, 0.15) is 21.7 Å². The fourth-order valence-electron chi connectivity index (χ4n) is 1.81. The van der Waals surface area contributed by atoms with E-state index in [-0.39, 0.29) is 35.2 Å². The second-order valence-electron chi connectivity index (χ2n) is 4.17. The minimum atomic E-state index is -4.46. The Morgan fingerprint density at radius 2 is 2.05 bits per heavy atom. The molecule has 0 unspecified atom stereocenters. The van der Waals surface area contributed by atoms with E-state index in [1.54, 1.807) is 38.4 Å². The first-order valence-electron chi connectivity index (χ1n) is 5.68. The second kappa shape index (κ2) is 6.75. The zero-order valence-electron chi connectivity index (χ0n) is 11.9. The Balaban J connectivity index is 0.00000220. The van der Waals surface area contributed by atoms with Crippen LogP contribution in [0, 0.1) is 6.92 Å². The maximum Gasteiger partial charge on any atom is 1.00 e. The van der Waals surface area contributed by atoms with Crippen LogP contribution >= 0.6 is 0 Å². The SMILES string of the molecule is Cc1c(NCS(=O)(=O)[O-])c(=O)n(-c2ccccn2)n1C.[Na+]. The summed E-state index contributed by atoms with van der Waals surface area (Å²) in [6, 6.07) is 5.09. The molecule has 0 aromatic carbocycles. The second-order valence-corrected chi connectivity index (χ2v) is 5.57. The molecule has 108 valence electrons. The van der Waals surface area contributed by atoms with Crippen molar-refractivity contribution in [1.82, 2.24) is 14.3 Å². The average molecular weight is 320 g/mol. The quantitative estimate of drug-likeness (QED) is 0.469. The number of pyridine rings is 1. The van der Waals surface area contributed by atoms with Crippen LogP contribution in [0.15, 0.2) is 29.2 Å². The summed E-state index contributed by atoms with van der Waals surface area (Å²) in [7, 11) is -2.82. The van der Waals surface area contributed by atoms with E-state index in [0.29, 0.717) is 11.5 Å². The van der Waals surface area contributed by atoms with Crippen LogP contribution in [0.1, 0.15) is 5.69 Å². The van der Waals surface area contributed by atoms with E-state index >= 15 is 0 Å². The number of aromatic nitrogens is 3. The van der Waals surface area contributed by atoms with Gasteiger partial charge in [-0.25, -0.2) is 13.4 Å². The standard InChI is InChI=1S/C11H14N4O4S.Na/c1-8-10(13-7-20(17,18)19)11(16)15(14(8)2)9-5-3-4-6-12-9;/h3-6,13H,7H2,1-2H3,(H,17,18,19);/q;+1/p-1. The molecule has 8 nitrogen and oxygen atoms in total. The third-order valence-electron chi connectivity index (χ3n) is 2.85. The van der Waals surface area contributed by atoms with Crippen LogP contribution in [0.3, 0.4) is 0 Å². The van der Waals surface area contributed by atoms with Crippen molar-refractivity contribution < 1.29 is 42.5 Å². The molecule has 0 bridgehead atoms. The Kier molecular flexibility index (Phi) is 5.76. The Bertz CT molecular complexity index is 783. The molecule has 0 saturated heterocycles. The van der Waals surface area contributed by atoms with Gasteiger partial charge in [-0.3, -0.25) is 9.48 Å². The van der Waals surface area contributed by atoms with Crippen molar-refractivity contribution in [3.05, 3.63) is 40.4 Å². The summed E-state index contributed by atoms with van der Waals surface area (Å²) in [6.07, 6.45) is 1.54. The first kappa shape index (κ1) is 17.9. The van der Waals surface area contributed by atoms with E-state index in [2.05, 4.69) is 10.3 Å². The molecule has 2 aromatic heterocycles. The smallest absolute Gasteiger partial charge is 0.747 e. The van der Waals surface area contributed by atoms with Crippen LogP contribution in [0.5, 0.6) is 0 Å². The molecule has 0 fully saturated rings. The predicted octanol–water partition coefficient (Wildman–Crippen LogP) is -3.20. The number of nitrogens with one attached hydrogen (secondary N) is 1. The minimum Gasteiger partial charge on any atom is -0.747 e. The largest absolute Gasteiger partial charge is 1.00 e. The molecule has 0 amide bonds. The number of nitrogens with zero attached hydrogens (tertiary/aromatic N) is 3. The third kappa shape index (κ3) is 3.95. The Morgan fingerprint density at radius 1 is 1.38 bits per heavy atom. The summed E-state index contributed by atoms with van der Waals surface area (Å²) in [6.45, 7) is 1.64. The van der Waals surface area contributed by atoms with Gasteiger partial charge in [0, 0.05) is 13.2 Å². The Morgan fingerprint density at radius 3 is 2.57 bits per heavy atom. The van der Waals surface area contributed by atoms with Crippen LogP contribution in [-0.2, 0) is 17.2 Å². The number of hydrogen-bond donors (Lipinski definition) is 1. The van der Waals surface area contributed by atoms with E-state index in [1.807, 2.05) is 0 Å². The molecule has 10 heteroatoms. The summed E-state index contributed by atoms with van der Waals surface area (Å²) in [4.78, 5) is 16.3. The fraction of sp³-hybridized carbons (Fsp3) is 0.273. The van der Waals surface area contributed by atoms with Crippen molar-refractivity contribution in [2.24, 2.45) is 7.05 Å².